The Morgan fingerprint density at radius 1 is 0.964 bits per heavy atom. The van der Waals surface area contributed by atoms with E-state index in [-0.39, 0.29) is 0 Å². The first kappa shape index (κ1) is 17.7. The van der Waals surface area contributed by atoms with Gasteiger partial charge in [-0.05, 0) is 42.2 Å². The smallest absolute Gasteiger partial charge is 0.320 e. The molecule has 1 aliphatic rings. The molecule has 1 aliphatic heterocycles. The summed E-state index contributed by atoms with van der Waals surface area (Å²) < 4.78 is 0. The van der Waals surface area contributed by atoms with Crippen molar-refractivity contribution >= 4 is 17.8 Å². The third kappa shape index (κ3) is 3.18. The van der Waals surface area contributed by atoms with E-state index in [2.05, 4.69) is 9.97 Å². The molecule has 0 fully saturated rings. The Bertz CT molecular complexity index is 1080. The average Bonchev–Trinajstić information content (AvgIpc) is 2.73. The molecule has 2 aromatic heterocycles. The Kier molecular flexibility index (Phi) is 4.49. The molecule has 3 aromatic rings. The van der Waals surface area contributed by atoms with Crippen molar-refractivity contribution in [3.63, 3.8) is 0 Å². The van der Waals surface area contributed by atoms with Gasteiger partial charge in [0.15, 0.2) is 0 Å². The van der Waals surface area contributed by atoms with Gasteiger partial charge in [0.2, 0.25) is 5.91 Å². The van der Waals surface area contributed by atoms with Gasteiger partial charge in [-0.1, -0.05) is 18.2 Å². The van der Waals surface area contributed by atoms with Crippen molar-refractivity contribution in [3.8, 4) is 22.3 Å². The third-order valence-corrected chi connectivity index (χ3v) is 4.87. The van der Waals surface area contributed by atoms with Crippen LogP contribution in [0.1, 0.15) is 22.3 Å². The monoisotopic (exact) mass is 373 g/mol. The van der Waals surface area contributed by atoms with Crippen LogP contribution < -0.4 is 16.4 Å². The molecule has 1 aromatic carbocycles. The van der Waals surface area contributed by atoms with Crippen molar-refractivity contribution in [1.82, 2.24) is 9.97 Å². The Hall–Kier alpha value is -3.74. The first-order valence-electron chi connectivity index (χ1n) is 8.95. The van der Waals surface area contributed by atoms with Crippen LogP contribution >= 0.6 is 0 Å². The minimum absolute atomic E-state index is 0.446. The maximum absolute atomic E-state index is 11.7. The predicted octanol–water partition coefficient (Wildman–Crippen LogP) is 2.74. The maximum Gasteiger partial charge on any atom is 0.320 e. The van der Waals surface area contributed by atoms with E-state index < -0.39 is 11.9 Å². The topological polar surface area (TPSA) is 115 Å². The summed E-state index contributed by atoms with van der Waals surface area (Å²) in [6.45, 7) is 0.579. The number of pyridine rings is 2. The van der Waals surface area contributed by atoms with Gasteiger partial charge in [0.1, 0.15) is 5.82 Å². The van der Waals surface area contributed by atoms with Crippen molar-refractivity contribution in [2.45, 2.75) is 12.8 Å². The molecule has 4 N–H and O–H groups in total. The van der Waals surface area contributed by atoms with Crippen LogP contribution in [0.25, 0.3) is 22.3 Å². The Balaban J connectivity index is 1.75. The SMILES string of the molecule is NC(=O)c1ccccc1-c1cncc(-c2cnc3c(c2)CCCN3C(N)=O)c1. The molecule has 0 bridgehead atoms. The summed E-state index contributed by atoms with van der Waals surface area (Å²) in [7, 11) is 0. The molecular formula is C21H19N5O2. The number of anilines is 1. The molecule has 28 heavy (non-hydrogen) atoms. The number of carbonyl (C=O) groups excluding carboxylic acids is 2. The van der Waals surface area contributed by atoms with E-state index in [1.807, 2.05) is 24.3 Å². The number of aryl methyl sites for hydroxylation is 1. The summed E-state index contributed by atoms with van der Waals surface area (Å²) in [6.07, 6.45) is 6.82. The van der Waals surface area contributed by atoms with Gasteiger partial charge in [-0.2, -0.15) is 0 Å². The van der Waals surface area contributed by atoms with E-state index in [9.17, 15) is 9.59 Å². The molecule has 4 rings (SSSR count). The van der Waals surface area contributed by atoms with Gasteiger partial charge in [0.25, 0.3) is 0 Å². The summed E-state index contributed by atoms with van der Waals surface area (Å²) in [4.78, 5) is 33.7. The minimum atomic E-state index is -0.493. The van der Waals surface area contributed by atoms with Crippen LogP contribution in [0.5, 0.6) is 0 Å². The molecule has 0 saturated heterocycles. The second kappa shape index (κ2) is 7.11. The van der Waals surface area contributed by atoms with Gasteiger partial charge in [-0.15, -0.1) is 0 Å². The normalized spacial score (nSPS) is 13.1. The Morgan fingerprint density at radius 3 is 2.50 bits per heavy atom. The quantitative estimate of drug-likeness (QED) is 0.734. The van der Waals surface area contributed by atoms with Gasteiger partial charge in [0, 0.05) is 47.4 Å². The van der Waals surface area contributed by atoms with E-state index in [0.29, 0.717) is 17.9 Å². The highest BCUT2D eigenvalue weighted by Crippen LogP contribution is 2.31. The van der Waals surface area contributed by atoms with E-state index in [0.717, 1.165) is 40.7 Å². The molecule has 140 valence electrons. The number of amides is 3. The predicted molar refractivity (Wildman–Crippen MR) is 107 cm³/mol. The van der Waals surface area contributed by atoms with Crippen molar-refractivity contribution in [3.05, 3.63) is 66.1 Å². The van der Waals surface area contributed by atoms with Crippen LogP contribution in [0.2, 0.25) is 0 Å². The van der Waals surface area contributed by atoms with Gasteiger partial charge in [-0.25, -0.2) is 9.78 Å². The number of nitrogens with two attached hydrogens (primary N) is 2. The Morgan fingerprint density at radius 2 is 1.71 bits per heavy atom. The highest BCUT2D eigenvalue weighted by Gasteiger charge is 2.22. The van der Waals surface area contributed by atoms with Crippen LogP contribution in [0.4, 0.5) is 10.6 Å². The molecule has 0 saturated carbocycles. The lowest BCUT2D eigenvalue weighted by Gasteiger charge is -2.26. The molecular weight excluding hydrogens is 354 g/mol. The van der Waals surface area contributed by atoms with Crippen molar-refractivity contribution in [1.29, 1.82) is 0 Å². The summed E-state index contributed by atoms with van der Waals surface area (Å²) in [5.41, 5.74) is 15.7. The molecule has 0 aliphatic carbocycles. The van der Waals surface area contributed by atoms with E-state index in [1.54, 1.807) is 30.7 Å². The molecule has 0 unspecified atom stereocenters. The highest BCUT2D eigenvalue weighted by atomic mass is 16.2. The molecule has 0 atom stereocenters. The minimum Gasteiger partial charge on any atom is -0.366 e. The van der Waals surface area contributed by atoms with Gasteiger partial charge in [-0.3, -0.25) is 14.7 Å². The number of fused-ring (bicyclic) bond motifs is 1. The Labute approximate surface area is 162 Å². The van der Waals surface area contributed by atoms with Crippen LogP contribution in [-0.2, 0) is 6.42 Å². The lowest BCUT2D eigenvalue weighted by atomic mass is 9.97. The zero-order valence-corrected chi connectivity index (χ0v) is 15.1. The molecule has 3 heterocycles. The first-order valence-corrected chi connectivity index (χ1v) is 8.95. The fraction of sp³-hybridized carbons (Fsp3) is 0.143. The van der Waals surface area contributed by atoms with Crippen LogP contribution in [0, 0.1) is 0 Å². The second-order valence-corrected chi connectivity index (χ2v) is 6.67. The molecule has 0 spiro atoms. The molecule has 0 radical (unpaired) electrons. The number of hydrogen-bond donors (Lipinski definition) is 2. The van der Waals surface area contributed by atoms with Crippen molar-refractivity contribution in [2.24, 2.45) is 11.5 Å². The van der Waals surface area contributed by atoms with Crippen LogP contribution in [0.3, 0.4) is 0 Å². The summed E-state index contributed by atoms with van der Waals surface area (Å²) >= 11 is 0. The van der Waals surface area contributed by atoms with Gasteiger partial charge < -0.3 is 11.5 Å². The largest absolute Gasteiger partial charge is 0.366 e. The number of aromatic nitrogens is 2. The van der Waals surface area contributed by atoms with Crippen LogP contribution in [-0.4, -0.2) is 28.5 Å². The summed E-state index contributed by atoms with van der Waals surface area (Å²) in [5.74, 6) is 0.133. The molecule has 7 nitrogen and oxygen atoms in total. The molecule has 7 heteroatoms. The lowest BCUT2D eigenvalue weighted by Crippen LogP contribution is -2.40. The van der Waals surface area contributed by atoms with Gasteiger partial charge >= 0.3 is 6.03 Å². The number of hydrogen-bond acceptors (Lipinski definition) is 4. The second-order valence-electron chi connectivity index (χ2n) is 6.67. The fourth-order valence-corrected chi connectivity index (χ4v) is 3.53. The number of nitrogens with zero attached hydrogens (tertiary/aromatic N) is 3. The van der Waals surface area contributed by atoms with Crippen LogP contribution in [0.15, 0.2) is 55.0 Å². The number of rotatable bonds is 3. The number of benzene rings is 1. The van der Waals surface area contributed by atoms with Crippen molar-refractivity contribution < 1.29 is 9.59 Å². The van der Waals surface area contributed by atoms with E-state index in [1.165, 1.54) is 4.90 Å². The fourth-order valence-electron chi connectivity index (χ4n) is 3.53. The summed E-state index contributed by atoms with van der Waals surface area (Å²) in [6, 6.07) is 10.6. The third-order valence-electron chi connectivity index (χ3n) is 4.87. The standard InChI is InChI=1S/C21H19N5O2/c22-19(27)18-6-2-1-5-17(18)16-9-14(10-24-11-16)15-8-13-4-3-7-26(21(23)28)20(13)25-12-15/h1-2,5-6,8-12H,3-4,7H2,(H2,22,27)(H2,23,28). The number of urea groups is 1. The maximum atomic E-state index is 11.7. The van der Waals surface area contributed by atoms with Gasteiger partial charge in [0.05, 0.1) is 0 Å². The number of primary amides is 2. The zero-order chi connectivity index (χ0) is 19.7. The van der Waals surface area contributed by atoms with E-state index in [4.69, 9.17) is 11.5 Å². The van der Waals surface area contributed by atoms with Crippen molar-refractivity contribution in [2.75, 3.05) is 11.4 Å². The average molecular weight is 373 g/mol. The zero-order valence-electron chi connectivity index (χ0n) is 15.1. The summed E-state index contributed by atoms with van der Waals surface area (Å²) in [5, 5.41) is 0. The lowest BCUT2D eigenvalue weighted by molar-refractivity contribution is 0.100. The van der Waals surface area contributed by atoms with E-state index >= 15 is 0 Å². The highest BCUT2D eigenvalue weighted by molar-refractivity contribution is 6.00. The molecule has 3 amide bonds. The first-order chi connectivity index (χ1) is 13.5. The number of carbonyl (C=O) groups is 2.